The van der Waals surface area contributed by atoms with Crippen LogP contribution in [0.15, 0.2) is 36.4 Å². The molecule has 0 unspecified atom stereocenters. The minimum atomic E-state index is 0.0651. The number of para-hydroxylation sites is 1. The van der Waals surface area contributed by atoms with E-state index in [-0.39, 0.29) is 11.5 Å². The lowest BCUT2D eigenvalue weighted by atomic mass is 10.0. The molecule has 0 fully saturated rings. The van der Waals surface area contributed by atoms with E-state index in [0.29, 0.717) is 29.9 Å². The van der Waals surface area contributed by atoms with Crippen LogP contribution in [0.2, 0.25) is 0 Å². The summed E-state index contributed by atoms with van der Waals surface area (Å²) in [7, 11) is 0. The molecule has 0 saturated heterocycles. The molecule has 0 radical (unpaired) electrons. The number of hydrogen-bond acceptors (Lipinski definition) is 3. The van der Waals surface area contributed by atoms with E-state index in [1.807, 2.05) is 44.2 Å². The van der Waals surface area contributed by atoms with E-state index in [1.54, 1.807) is 6.07 Å². The van der Waals surface area contributed by atoms with Crippen molar-refractivity contribution in [2.45, 2.75) is 26.7 Å². The number of benzene rings is 2. The zero-order valence-corrected chi connectivity index (χ0v) is 11.2. The summed E-state index contributed by atoms with van der Waals surface area (Å²) in [4.78, 5) is 0. The van der Waals surface area contributed by atoms with Gasteiger partial charge in [-0.2, -0.15) is 0 Å². The molecule has 0 saturated carbocycles. The van der Waals surface area contributed by atoms with E-state index >= 15 is 0 Å². The number of aromatic hydroxyl groups is 2. The Morgan fingerprint density at radius 2 is 1.68 bits per heavy atom. The number of phenols is 2. The molecule has 0 aliphatic rings. The van der Waals surface area contributed by atoms with Crippen molar-refractivity contribution in [3.8, 4) is 23.0 Å². The van der Waals surface area contributed by atoms with Crippen LogP contribution in [0.4, 0.5) is 0 Å². The van der Waals surface area contributed by atoms with E-state index in [9.17, 15) is 10.2 Å². The topological polar surface area (TPSA) is 49.7 Å². The van der Waals surface area contributed by atoms with E-state index in [0.717, 1.165) is 5.56 Å². The summed E-state index contributed by atoms with van der Waals surface area (Å²) in [6.07, 6.45) is 1.26. The lowest BCUT2D eigenvalue weighted by Gasteiger charge is -2.15. The van der Waals surface area contributed by atoms with Gasteiger partial charge in [-0.25, -0.2) is 0 Å². The summed E-state index contributed by atoms with van der Waals surface area (Å²) in [6, 6.07) is 10.8. The molecule has 0 spiro atoms. The summed E-state index contributed by atoms with van der Waals surface area (Å²) in [5.74, 6) is 1.25. The average molecular weight is 258 g/mol. The van der Waals surface area contributed by atoms with Crippen molar-refractivity contribution in [3.05, 3.63) is 47.5 Å². The van der Waals surface area contributed by atoms with E-state index in [1.165, 1.54) is 0 Å². The molecule has 2 aromatic carbocycles. The van der Waals surface area contributed by atoms with Gasteiger partial charge in [0.25, 0.3) is 0 Å². The van der Waals surface area contributed by atoms with Crippen molar-refractivity contribution in [1.82, 2.24) is 0 Å². The van der Waals surface area contributed by atoms with Crippen molar-refractivity contribution >= 4 is 0 Å². The number of phenolic OH excluding ortho intramolecular Hbond substituents is 2. The lowest BCUT2D eigenvalue weighted by molar-refractivity contribution is 0.395. The van der Waals surface area contributed by atoms with Crippen LogP contribution in [0.25, 0.3) is 0 Å². The van der Waals surface area contributed by atoms with Crippen molar-refractivity contribution in [2.75, 3.05) is 0 Å². The Hall–Kier alpha value is -2.16. The van der Waals surface area contributed by atoms with Crippen LogP contribution < -0.4 is 4.74 Å². The van der Waals surface area contributed by atoms with Gasteiger partial charge in [-0.05, 0) is 36.6 Å². The molecule has 0 aliphatic heterocycles. The predicted octanol–water partition coefficient (Wildman–Crippen LogP) is 4.01. The fourth-order valence-electron chi connectivity index (χ4n) is 2.07. The van der Waals surface area contributed by atoms with Crippen molar-refractivity contribution in [3.63, 3.8) is 0 Å². The molecule has 0 aromatic heterocycles. The highest BCUT2D eigenvalue weighted by Crippen LogP contribution is 2.41. The Balaban J connectivity index is 2.48. The summed E-state index contributed by atoms with van der Waals surface area (Å²) < 4.78 is 5.70. The summed E-state index contributed by atoms with van der Waals surface area (Å²) >= 11 is 0. The Kier molecular flexibility index (Phi) is 3.95. The predicted molar refractivity (Wildman–Crippen MR) is 75.0 cm³/mol. The first-order valence-corrected chi connectivity index (χ1v) is 6.46. The monoisotopic (exact) mass is 258 g/mol. The molecule has 0 heterocycles. The molecule has 19 heavy (non-hydrogen) atoms. The standard InChI is InChI=1S/C16H18O3/c1-3-11-10-14(17)16(13(4-2)15(11)18)19-12-8-6-5-7-9-12/h5-10,17-18H,3-4H2,1-2H3. The Bertz CT molecular complexity index is 562. The van der Waals surface area contributed by atoms with Crippen LogP contribution >= 0.6 is 0 Å². The number of hydrogen-bond donors (Lipinski definition) is 2. The van der Waals surface area contributed by atoms with Gasteiger partial charge >= 0.3 is 0 Å². The van der Waals surface area contributed by atoms with E-state index in [4.69, 9.17) is 4.74 Å². The molecular weight excluding hydrogens is 240 g/mol. The van der Waals surface area contributed by atoms with Crippen molar-refractivity contribution in [2.24, 2.45) is 0 Å². The Morgan fingerprint density at radius 3 is 2.26 bits per heavy atom. The molecule has 3 heteroatoms. The van der Waals surface area contributed by atoms with Gasteiger partial charge in [0.05, 0.1) is 0 Å². The van der Waals surface area contributed by atoms with Crippen LogP contribution in [0.3, 0.4) is 0 Å². The average Bonchev–Trinajstić information content (AvgIpc) is 2.44. The molecule has 0 aliphatic carbocycles. The normalized spacial score (nSPS) is 10.4. The van der Waals surface area contributed by atoms with Gasteiger partial charge in [-0.3, -0.25) is 0 Å². The van der Waals surface area contributed by atoms with E-state index < -0.39 is 0 Å². The Labute approximate surface area is 113 Å². The second-order valence-corrected chi connectivity index (χ2v) is 4.33. The molecule has 2 aromatic rings. The zero-order valence-electron chi connectivity index (χ0n) is 11.2. The molecule has 2 rings (SSSR count). The number of aryl methyl sites for hydroxylation is 1. The second-order valence-electron chi connectivity index (χ2n) is 4.33. The fraction of sp³-hybridized carbons (Fsp3) is 0.250. The summed E-state index contributed by atoms with van der Waals surface area (Å²) in [6.45, 7) is 3.86. The van der Waals surface area contributed by atoms with Gasteiger partial charge in [0.1, 0.15) is 11.5 Å². The van der Waals surface area contributed by atoms with Crippen LogP contribution in [0.5, 0.6) is 23.0 Å². The zero-order chi connectivity index (χ0) is 13.8. The molecule has 0 bridgehead atoms. The van der Waals surface area contributed by atoms with Gasteiger partial charge in [0.15, 0.2) is 11.5 Å². The molecule has 0 amide bonds. The third-order valence-corrected chi connectivity index (χ3v) is 3.11. The van der Waals surface area contributed by atoms with Crippen molar-refractivity contribution < 1.29 is 14.9 Å². The second kappa shape index (κ2) is 5.65. The van der Waals surface area contributed by atoms with Gasteiger partial charge in [-0.15, -0.1) is 0 Å². The molecule has 3 nitrogen and oxygen atoms in total. The minimum absolute atomic E-state index is 0.0651. The maximum Gasteiger partial charge on any atom is 0.175 e. The van der Waals surface area contributed by atoms with E-state index in [2.05, 4.69) is 0 Å². The third kappa shape index (κ3) is 2.65. The maximum atomic E-state index is 10.2. The van der Waals surface area contributed by atoms with Crippen LogP contribution in [0.1, 0.15) is 25.0 Å². The first-order chi connectivity index (χ1) is 9.17. The largest absolute Gasteiger partial charge is 0.507 e. The quantitative estimate of drug-likeness (QED) is 0.814. The lowest BCUT2D eigenvalue weighted by Crippen LogP contribution is -1.95. The number of rotatable bonds is 4. The van der Waals surface area contributed by atoms with Gasteiger partial charge < -0.3 is 14.9 Å². The van der Waals surface area contributed by atoms with Gasteiger partial charge in [-0.1, -0.05) is 32.0 Å². The van der Waals surface area contributed by atoms with Crippen molar-refractivity contribution in [1.29, 1.82) is 0 Å². The van der Waals surface area contributed by atoms with Crippen LogP contribution in [-0.2, 0) is 12.8 Å². The summed E-state index contributed by atoms with van der Waals surface area (Å²) in [5.41, 5.74) is 1.37. The highest BCUT2D eigenvalue weighted by molar-refractivity contribution is 5.58. The van der Waals surface area contributed by atoms with Gasteiger partial charge in [0, 0.05) is 5.56 Å². The minimum Gasteiger partial charge on any atom is -0.507 e. The first-order valence-electron chi connectivity index (χ1n) is 6.46. The fourth-order valence-corrected chi connectivity index (χ4v) is 2.07. The highest BCUT2D eigenvalue weighted by Gasteiger charge is 2.17. The maximum absolute atomic E-state index is 10.2. The molecule has 2 N–H and O–H groups in total. The smallest absolute Gasteiger partial charge is 0.175 e. The molecule has 0 atom stereocenters. The van der Waals surface area contributed by atoms with Gasteiger partial charge in [0.2, 0.25) is 0 Å². The Morgan fingerprint density at radius 1 is 1.00 bits per heavy atom. The molecular formula is C16H18O3. The SMILES string of the molecule is CCc1cc(O)c(Oc2ccccc2)c(CC)c1O. The first kappa shape index (κ1) is 13.3. The third-order valence-electron chi connectivity index (χ3n) is 3.11. The number of ether oxygens (including phenoxy) is 1. The molecule has 100 valence electrons. The summed E-state index contributed by atoms with van der Waals surface area (Å²) in [5, 5.41) is 20.3. The van der Waals surface area contributed by atoms with Crippen LogP contribution in [0, 0.1) is 0 Å². The van der Waals surface area contributed by atoms with Crippen LogP contribution in [-0.4, -0.2) is 10.2 Å². The highest BCUT2D eigenvalue weighted by atomic mass is 16.5.